The number of benzene rings is 2. The molecule has 3 saturated carbocycles. The molecule has 2 atom stereocenters. The molecule has 4 fully saturated rings. The van der Waals surface area contributed by atoms with Gasteiger partial charge in [0.05, 0.1) is 6.10 Å². The summed E-state index contributed by atoms with van der Waals surface area (Å²) in [5.41, 5.74) is 11.0. The molecule has 1 aliphatic heterocycles. The Kier molecular flexibility index (Phi) is 10.4. The van der Waals surface area contributed by atoms with Crippen molar-refractivity contribution in [2.24, 2.45) is 0 Å². The highest BCUT2D eigenvalue weighted by Crippen LogP contribution is 2.43. The van der Waals surface area contributed by atoms with Gasteiger partial charge in [-0.3, -0.25) is 24.5 Å². The van der Waals surface area contributed by atoms with E-state index in [9.17, 15) is 14.7 Å². The minimum Gasteiger partial charge on any atom is -0.392 e. The number of rotatable bonds is 12. The second-order valence-corrected chi connectivity index (χ2v) is 15.8. The summed E-state index contributed by atoms with van der Waals surface area (Å²) >= 11 is 0. The van der Waals surface area contributed by atoms with E-state index in [1.165, 1.54) is 48.8 Å². The predicted molar refractivity (Wildman–Crippen MR) is 209 cm³/mol. The van der Waals surface area contributed by atoms with Crippen LogP contribution in [-0.2, 0) is 13.1 Å². The molecule has 2 aromatic carbocycles. The van der Waals surface area contributed by atoms with Crippen LogP contribution < -0.4 is 16.0 Å². The molecule has 8 rings (SSSR count). The number of aliphatic hydroxyl groups is 1. The van der Waals surface area contributed by atoms with Crippen LogP contribution in [-0.4, -0.2) is 57.0 Å². The van der Waals surface area contributed by atoms with E-state index in [1.54, 1.807) is 0 Å². The van der Waals surface area contributed by atoms with Gasteiger partial charge in [0, 0.05) is 42.9 Å². The van der Waals surface area contributed by atoms with Crippen LogP contribution in [0.15, 0.2) is 60.9 Å². The number of hydrogen-bond donors (Lipinski definition) is 4. The zero-order valence-corrected chi connectivity index (χ0v) is 31.1. The van der Waals surface area contributed by atoms with Crippen molar-refractivity contribution in [1.29, 1.82) is 0 Å². The van der Waals surface area contributed by atoms with Crippen LogP contribution in [0, 0.1) is 13.8 Å². The average Bonchev–Trinajstić information content (AvgIpc) is 4.12. The van der Waals surface area contributed by atoms with Gasteiger partial charge >= 0.3 is 0 Å². The van der Waals surface area contributed by atoms with Crippen LogP contribution in [0.1, 0.15) is 130 Å². The topological polar surface area (TPSA) is 119 Å². The molecule has 0 spiro atoms. The fourth-order valence-electron chi connectivity index (χ4n) is 8.35. The lowest BCUT2D eigenvalue weighted by Crippen LogP contribution is -2.35. The lowest BCUT2D eigenvalue weighted by molar-refractivity contribution is 0.101. The highest BCUT2D eigenvalue weighted by Gasteiger charge is 2.30. The number of anilines is 2. The van der Waals surface area contributed by atoms with Crippen molar-refractivity contribution in [3.63, 3.8) is 0 Å². The minimum absolute atomic E-state index is 0.115. The summed E-state index contributed by atoms with van der Waals surface area (Å²) in [5, 5.41) is 20.1. The number of piperidine rings is 1. The van der Waals surface area contributed by atoms with E-state index >= 15 is 0 Å². The van der Waals surface area contributed by atoms with Crippen LogP contribution in [0.4, 0.5) is 11.4 Å². The number of carbonyl (C=O) groups is 2. The number of hydrogen-bond acceptors (Lipinski definition) is 7. The van der Waals surface area contributed by atoms with Crippen LogP contribution in [0.2, 0.25) is 0 Å². The quantitative estimate of drug-likeness (QED) is 0.118. The molecule has 4 aliphatic rings. The van der Waals surface area contributed by atoms with Gasteiger partial charge in [-0.05, 0) is 165 Å². The summed E-state index contributed by atoms with van der Waals surface area (Å²) < 4.78 is 0. The van der Waals surface area contributed by atoms with E-state index < -0.39 is 0 Å². The normalized spacial score (nSPS) is 20.4. The Balaban J connectivity index is 0.968. The number of likely N-dealkylation sites (tertiary alicyclic amines) is 1. The van der Waals surface area contributed by atoms with Crippen molar-refractivity contribution in [2.45, 2.75) is 115 Å². The number of pyridine rings is 2. The third-order valence-electron chi connectivity index (χ3n) is 11.9. The summed E-state index contributed by atoms with van der Waals surface area (Å²) in [6.07, 6.45) is 14.7. The molecular weight excluding hydrogens is 661 g/mol. The fraction of sp³-hybridized carbons (Fsp3) is 0.455. The van der Waals surface area contributed by atoms with Crippen LogP contribution in [0.25, 0.3) is 11.1 Å². The summed E-state index contributed by atoms with van der Waals surface area (Å²) in [6, 6.07) is 16.0. The fourth-order valence-corrected chi connectivity index (χ4v) is 8.35. The SMILES string of the molecule is Cc1c(NC(=O)c2cc(C3CC3)c(CN[C@H]3CCC[C@H]3O)cn2)cccc1-c1cccc(NC(=O)c2cc(C3CC3)c(CN3CCCCC3)cn2)c1C. The summed E-state index contributed by atoms with van der Waals surface area (Å²) in [4.78, 5) is 39.0. The van der Waals surface area contributed by atoms with E-state index in [-0.39, 0.29) is 24.0 Å². The number of amides is 2. The summed E-state index contributed by atoms with van der Waals surface area (Å²) in [5.74, 6) is 0.538. The molecule has 0 unspecified atom stereocenters. The lowest BCUT2D eigenvalue weighted by atomic mass is 9.94. The Bertz CT molecular complexity index is 2000. The van der Waals surface area contributed by atoms with Crippen LogP contribution in [0.3, 0.4) is 0 Å². The van der Waals surface area contributed by atoms with E-state index in [0.717, 1.165) is 90.9 Å². The third-order valence-corrected chi connectivity index (χ3v) is 11.9. The third kappa shape index (κ3) is 8.08. The number of aromatic nitrogens is 2. The lowest BCUT2D eigenvalue weighted by Gasteiger charge is -2.27. The monoisotopic (exact) mass is 712 g/mol. The summed E-state index contributed by atoms with van der Waals surface area (Å²) in [7, 11) is 0. The van der Waals surface area contributed by atoms with Crippen LogP contribution in [0.5, 0.6) is 0 Å². The van der Waals surface area contributed by atoms with Crippen molar-refractivity contribution < 1.29 is 14.7 Å². The molecule has 0 bridgehead atoms. The van der Waals surface area contributed by atoms with Gasteiger partial charge in [-0.1, -0.05) is 30.7 Å². The zero-order chi connectivity index (χ0) is 36.5. The average molecular weight is 713 g/mol. The van der Waals surface area contributed by atoms with E-state index in [0.29, 0.717) is 29.8 Å². The molecule has 9 heteroatoms. The van der Waals surface area contributed by atoms with E-state index in [2.05, 4.69) is 43.0 Å². The number of nitrogens with one attached hydrogen (secondary N) is 3. The maximum absolute atomic E-state index is 13.6. The van der Waals surface area contributed by atoms with Gasteiger partial charge in [0.15, 0.2) is 0 Å². The first-order valence-electron chi connectivity index (χ1n) is 19.8. The van der Waals surface area contributed by atoms with Crippen molar-refractivity contribution in [3.05, 3.63) is 106 Å². The maximum atomic E-state index is 13.6. The number of carbonyl (C=O) groups excluding carboxylic acids is 2. The van der Waals surface area contributed by atoms with Gasteiger partial charge in [-0.2, -0.15) is 0 Å². The van der Waals surface area contributed by atoms with Gasteiger partial charge in [-0.15, -0.1) is 0 Å². The smallest absolute Gasteiger partial charge is 0.274 e. The molecule has 0 radical (unpaired) electrons. The highest BCUT2D eigenvalue weighted by molar-refractivity contribution is 6.05. The molecule has 53 heavy (non-hydrogen) atoms. The first kappa shape index (κ1) is 35.6. The highest BCUT2D eigenvalue weighted by atomic mass is 16.3. The van der Waals surface area contributed by atoms with Crippen molar-refractivity contribution in [1.82, 2.24) is 20.2 Å². The molecule has 3 aliphatic carbocycles. The predicted octanol–water partition coefficient (Wildman–Crippen LogP) is 8.01. The molecule has 276 valence electrons. The van der Waals surface area contributed by atoms with E-state index in [1.807, 2.05) is 62.6 Å². The van der Waals surface area contributed by atoms with Gasteiger partial charge in [-0.25, -0.2) is 0 Å². The van der Waals surface area contributed by atoms with Gasteiger partial charge in [0.2, 0.25) is 0 Å². The van der Waals surface area contributed by atoms with Gasteiger partial charge in [0.25, 0.3) is 11.8 Å². The molecule has 9 nitrogen and oxygen atoms in total. The second-order valence-electron chi connectivity index (χ2n) is 15.8. The molecule has 4 aromatic rings. The molecular formula is C44H52N6O3. The Labute approximate surface area is 313 Å². The van der Waals surface area contributed by atoms with Gasteiger partial charge in [0.1, 0.15) is 11.4 Å². The summed E-state index contributed by atoms with van der Waals surface area (Å²) in [6.45, 7) is 7.86. The Morgan fingerprint density at radius 3 is 1.79 bits per heavy atom. The molecule has 3 heterocycles. The largest absolute Gasteiger partial charge is 0.392 e. The first-order chi connectivity index (χ1) is 25.8. The Hall–Kier alpha value is -4.44. The zero-order valence-electron chi connectivity index (χ0n) is 31.1. The molecule has 2 amide bonds. The van der Waals surface area contributed by atoms with Crippen molar-refractivity contribution >= 4 is 23.2 Å². The molecule has 2 aromatic heterocycles. The molecule has 4 N–H and O–H groups in total. The van der Waals surface area contributed by atoms with Crippen LogP contribution >= 0.6 is 0 Å². The standard InChI is InChI=1S/C44H52N6O3/c1-27-33(9-6-11-37(27)48-43(52)40-21-35(29-15-16-29)31(24-46-40)23-45-39-13-8-14-42(39)51)34-10-7-12-38(28(34)2)49-44(53)41-22-36(30-17-18-30)32(25-47-41)26-50-19-4-3-5-20-50/h6-7,9-12,21-22,24-25,29-30,39,42,45,51H,3-5,8,13-20,23,26H2,1-2H3,(H,48,52)(H,49,53)/t39-,42+/m0/s1. The maximum Gasteiger partial charge on any atom is 0.274 e. The van der Waals surface area contributed by atoms with E-state index in [4.69, 9.17) is 0 Å². The Morgan fingerprint density at radius 2 is 1.26 bits per heavy atom. The Morgan fingerprint density at radius 1 is 0.717 bits per heavy atom. The van der Waals surface area contributed by atoms with Crippen molar-refractivity contribution in [2.75, 3.05) is 23.7 Å². The first-order valence-corrected chi connectivity index (χ1v) is 19.8. The molecule has 1 saturated heterocycles. The second kappa shape index (κ2) is 15.5. The van der Waals surface area contributed by atoms with Crippen molar-refractivity contribution in [3.8, 4) is 11.1 Å². The number of aliphatic hydroxyl groups excluding tert-OH is 1. The van der Waals surface area contributed by atoms with Gasteiger partial charge < -0.3 is 21.1 Å². The number of nitrogens with zero attached hydrogens (tertiary/aromatic N) is 3. The minimum atomic E-state index is -0.295.